The van der Waals surface area contributed by atoms with Crippen LogP contribution in [0.2, 0.25) is 0 Å². The van der Waals surface area contributed by atoms with Crippen LogP contribution < -0.4 is 21.8 Å². The number of rotatable bonds is 8. The highest BCUT2D eigenvalue weighted by Crippen LogP contribution is 2.33. The Balaban J connectivity index is 1.81. The average molecular weight is 524 g/mol. The second-order valence-corrected chi connectivity index (χ2v) is 9.50. The minimum absolute atomic E-state index is 0.0323. The highest BCUT2D eigenvalue weighted by atomic mass is 16.5. The third kappa shape index (κ3) is 6.11. The molecule has 198 valence electrons. The Morgan fingerprint density at radius 2 is 1.41 bits per heavy atom. The van der Waals surface area contributed by atoms with Crippen LogP contribution in [0.5, 0.6) is 0 Å². The van der Waals surface area contributed by atoms with Gasteiger partial charge in [0.25, 0.3) is 17.7 Å². The Kier molecular flexibility index (Phi) is 8.02. The normalized spacial score (nSPS) is 10.8. The van der Waals surface area contributed by atoms with E-state index in [9.17, 15) is 19.6 Å². The topological polar surface area (TPSA) is 157 Å². The van der Waals surface area contributed by atoms with E-state index in [1.165, 1.54) is 6.07 Å². The number of hydroxylamine groups is 1. The first-order valence-corrected chi connectivity index (χ1v) is 12.3. The van der Waals surface area contributed by atoms with E-state index in [1.807, 2.05) is 38.1 Å². The fourth-order valence-electron chi connectivity index (χ4n) is 4.15. The summed E-state index contributed by atoms with van der Waals surface area (Å²) in [7, 11) is 0. The molecule has 3 amide bonds. The largest absolute Gasteiger partial charge is 0.384 e. The molecule has 0 saturated heterocycles. The molecule has 0 heterocycles. The molecule has 0 radical (unpaired) electrons. The summed E-state index contributed by atoms with van der Waals surface area (Å²) in [4.78, 5) is 39.0. The minimum Gasteiger partial charge on any atom is -0.384 e. The number of nitrogens with one attached hydrogen (secondary N) is 4. The van der Waals surface area contributed by atoms with Crippen LogP contribution in [0.3, 0.4) is 0 Å². The summed E-state index contributed by atoms with van der Waals surface area (Å²) < 4.78 is 0. The zero-order valence-corrected chi connectivity index (χ0v) is 21.5. The number of nitrogen functional groups attached to an aromatic ring is 1. The molecule has 0 aromatic heterocycles. The Labute approximate surface area is 225 Å². The van der Waals surface area contributed by atoms with Crippen LogP contribution in [0, 0.1) is 11.3 Å². The van der Waals surface area contributed by atoms with Gasteiger partial charge in [0.05, 0.1) is 5.56 Å². The molecule has 9 nitrogen and oxygen atoms in total. The lowest BCUT2D eigenvalue weighted by molar-refractivity contribution is 0.0707. The van der Waals surface area contributed by atoms with Gasteiger partial charge in [-0.1, -0.05) is 44.2 Å². The van der Waals surface area contributed by atoms with Crippen molar-refractivity contribution >= 4 is 40.0 Å². The number of fused-ring (bicyclic) bond motifs is 1. The van der Waals surface area contributed by atoms with Crippen molar-refractivity contribution in [1.82, 2.24) is 10.8 Å². The maximum Gasteiger partial charge on any atom is 0.275 e. The monoisotopic (exact) mass is 523 g/mol. The van der Waals surface area contributed by atoms with Gasteiger partial charge in [-0.3, -0.25) is 25.0 Å². The fraction of sp³-hybridized carbons (Fsp3) is 0.133. The molecule has 39 heavy (non-hydrogen) atoms. The molecule has 9 heteroatoms. The zero-order valence-electron chi connectivity index (χ0n) is 21.5. The van der Waals surface area contributed by atoms with Crippen molar-refractivity contribution in [1.29, 1.82) is 5.41 Å². The van der Waals surface area contributed by atoms with Gasteiger partial charge in [0.1, 0.15) is 5.84 Å². The fourth-order valence-corrected chi connectivity index (χ4v) is 4.15. The van der Waals surface area contributed by atoms with Gasteiger partial charge < -0.3 is 16.4 Å². The highest BCUT2D eigenvalue weighted by Gasteiger charge is 2.21. The number of nitrogens with two attached hydrogens (primary N) is 1. The van der Waals surface area contributed by atoms with Crippen molar-refractivity contribution in [2.75, 3.05) is 11.9 Å². The second-order valence-electron chi connectivity index (χ2n) is 9.50. The molecule has 0 unspecified atom stereocenters. The standard InChI is InChI=1S/C30H29N5O4/c1-17(2)16-33-28(36)21-9-12-23(25(15-21)30(38)35-39)24-13-19-5-3-4-6-20(19)14-26(24)29(37)34-22-10-7-18(8-11-22)27(31)32/h3-15,17,39H,16H2,1-2H3,(H3,31,32)(H,33,36)(H,34,37)(H,35,38). The third-order valence-electron chi connectivity index (χ3n) is 6.17. The van der Waals surface area contributed by atoms with E-state index in [0.717, 1.165) is 10.8 Å². The lowest BCUT2D eigenvalue weighted by atomic mass is 9.90. The minimum atomic E-state index is -0.817. The summed E-state index contributed by atoms with van der Waals surface area (Å²) in [6.07, 6.45) is 0. The highest BCUT2D eigenvalue weighted by molar-refractivity contribution is 6.14. The van der Waals surface area contributed by atoms with Crippen molar-refractivity contribution < 1.29 is 19.6 Å². The summed E-state index contributed by atoms with van der Waals surface area (Å²) in [5, 5.41) is 24.3. The van der Waals surface area contributed by atoms with E-state index in [4.69, 9.17) is 11.1 Å². The first kappa shape index (κ1) is 27.0. The number of amidine groups is 1. The molecule has 0 fully saturated rings. The molecule has 7 N–H and O–H groups in total. The Hall–Kier alpha value is -5.02. The number of benzene rings is 4. The lowest BCUT2D eigenvalue weighted by Gasteiger charge is -2.16. The van der Waals surface area contributed by atoms with E-state index >= 15 is 0 Å². The summed E-state index contributed by atoms with van der Waals surface area (Å²) in [5.74, 6) is -1.44. The van der Waals surface area contributed by atoms with Crippen molar-refractivity contribution in [3.05, 3.63) is 101 Å². The molecular weight excluding hydrogens is 494 g/mol. The summed E-state index contributed by atoms with van der Waals surface area (Å²) >= 11 is 0. The number of anilines is 1. The molecule has 0 aliphatic carbocycles. The summed E-state index contributed by atoms with van der Waals surface area (Å²) in [6, 6.07) is 22.1. The smallest absolute Gasteiger partial charge is 0.275 e. The number of hydrogen-bond acceptors (Lipinski definition) is 5. The van der Waals surface area contributed by atoms with Gasteiger partial charge in [0, 0.05) is 28.9 Å². The van der Waals surface area contributed by atoms with E-state index in [2.05, 4.69) is 10.6 Å². The van der Waals surface area contributed by atoms with Gasteiger partial charge in [0.15, 0.2) is 0 Å². The summed E-state index contributed by atoms with van der Waals surface area (Å²) in [5.41, 5.74) is 9.56. The van der Waals surface area contributed by atoms with Crippen LogP contribution in [-0.4, -0.2) is 35.3 Å². The Morgan fingerprint density at radius 3 is 2.03 bits per heavy atom. The third-order valence-corrected chi connectivity index (χ3v) is 6.17. The molecule has 0 aliphatic heterocycles. The van der Waals surface area contributed by atoms with Gasteiger partial charge in [-0.25, -0.2) is 5.48 Å². The zero-order chi connectivity index (χ0) is 28.1. The predicted molar refractivity (Wildman–Crippen MR) is 151 cm³/mol. The van der Waals surface area contributed by atoms with Crippen molar-refractivity contribution in [3.8, 4) is 11.1 Å². The average Bonchev–Trinajstić information content (AvgIpc) is 2.94. The van der Waals surface area contributed by atoms with Crippen LogP contribution in [0.1, 0.15) is 50.5 Å². The maximum atomic E-state index is 13.6. The first-order valence-electron chi connectivity index (χ1n) is 12.3. The first-order chi connectivity index (χ1) is 18.7. The van der Waals surface area contributed by atoms with Crippen molar-refractivity contribution in [2.24, 2.45) is 11.7 Å². The Bertz CT molecular complexity index is 1580. The van der Waals surface area contributed by atoms with Gasteiger partial charge >= 0.3 is 0 Å². The molecule has 0 atom stereocenters. The van der Waals surface area contributed by atoms with Crippen LogP contribution in [0.25, 0.3) is 21.9 Å². The van der Waals surface area contributed by atoms with Gasteiger partial charge in [-0.2, -0.15) is 0 Å². The molecular formula is C30H29N5O4. The molecule has 0 saturated carbocycles. The SMILES string of the molecule is CC(C)CNC(=O)c1ccc(-c2cc3ccccc3cc2C(=O)Nc2ccc(C(=N)N)cc2)c(C(=O)NO)c1. The van der Waals surface area contributed by atoms with Crippen LogP contribution in [0.15, 0.2) is 78.9 Å². The lowest BCUT2D eigenvalue weighted by Crippen LogP contribution is -2.28. The number of carbonyl (C=O) groups is 3. The van der Waals surface area contributed by atoms with E-state index in [-0.39, 0.29) is 34.4 Å². The summed E-state index contributed by atoms with van der Waals surface area (Å²) in [6.45, 7) is 4.40. The number of hydrogen-bond donors (Lipinski definition) is 6. The van der Waals surface area contributed by atoms with E-state index < -0.39 is 11.8 Å². The molecule has 0 aliphatic rings. The molecule has 0 spiro atoms. The Morgan fingerprint density at radius 1 is 0.795 bits per heavy atom. The van der Waals surface area contributed by atoms with Gasteiger partial charge in [0.2, 0.25) is 0 Å². The maximum absolute atomic E-state index is 13.6. The predicted octanol–water partition coefficient (Wildman–Crippen LogP) is 4.55. The second kappa shape index (κ2) is 11.6. The van der Waals surface area contributed by atoms with Crippen molar-refractivity contribution in [3.63, 3.8) is 0 Å². The van der Waals surface area contributed by atoms with Crippen LogP contribution >= 0.6 is 0 Å². The van der Waals surface area contributed by atoms with Gasteiger partial charge in [-0.15, -0.1) is 0 Å². The molecule has 4 aromatic rings. The van der Waals surface area contributed by atoms with Crippen molar-refractivity contribution in [2.45, 2.75) is 13.8 Å². The number of amides is 3. The molecule has 0 bridgehead atoms. The number of carbonyl (C=O) groups excluding carboxylic acids is 3. The van der Waals surface area contributed by atoms with E-state index in [0.29, 0.717) is 28.9 Å². The quantitative estimate of drug-likeness (QED) is 0.0864. The molecule has 4 aromatic carbocycles. The van der Waals surface area contributed by atoms with E-state index in [1.54, 1.807) is 54.0 Å². The molecule has 4 rings (SSSR count). The van der Waals surface area contributed by atoms with Gasteiger partial charge in [-0.05, 0) is 76.3 Å². The van der Waals surface area contributed by atoms with Crippen LogP contribution in [-0.2, 0) is 0 Å². The van der Waals surface area contributed by atoms with Crippen LogP contribution in [0.4, 0.5) is 5.69 Å².